The second kappa shape index (κ2) is 31.1. The third kappa shape index (κ3) is 21.0. The summed E-state index contributed by atoms with van der Waals surface area (Å²) in [7, 11) is -15.4. The van der Waals surface area contributed by atoms with Gasteiger partial charge in [-0.3, -0.25) is 4.79 Å². The summed E-state index contributed by atoms with van der Waals surface area (Å²) in [6.45, 7) is 71.1. The minimum Gasteiger partial charge on any atom is -0.497 e. The first-order chi connectivity index (χ1) is 35.6. The molecule has 0 saturated carbocycles. The van der Waals surface area contributed by atoms with E-state index in [1.54, 1.807) is 13.2 Å². The van der Waals surface area contributed by atoms with E-state index in [2.05, 4.69) is 190 Å². The van der Waals surface area contributed by atoms with Crippen molar-refractivity contribution in [3.05, 3.63) is 42.5 Å². The maximum Gasteiger partial charge on any atom is 0.158 e. The normalized spacial score (nSPS) is 16.4. The molecular weight excluding hydrogens is 1170 g/mol. The summed E-state index contributed by atoms with van der Waals surface area (Å²) in [6.07, 6.45) is 17.3. The van der Waals surface area contributed by atoms with Gasteiger partial charge in [0.25, 0.3) is 0 Å². The number of ether oxygens (including phenoxy) is 2. The van der Waals surface area contributed by atoms with Crippen LogP contribution in [0.25, 0.3) is 0 Å². The number of aliphatic hydroxyl groups excluding tert-OH is 1. The van der Waals surface area contributed by atoms with Gasteiger partial charge in [0.05, 0.1) is 94.2 Å². The number of benzene rings is 1. The second-order valence-corrected chi connectivity index (χ2v) is 152. The fourth-order valence-electron chi connectivity index (χ4n) is 17.6. The smallest absolute Gasteiger partial charge is 0.158 e. The van der Waals surface area contributed by atoms with Gasteiger partial charge in [0.1, 0.15) is 17.6 Å². The number of aliphatic hydroxyl groups is 1. The van der Waals surface area contributed by atoms with E-state index in [9.17, 15) is 5.11 Å². The number of Topliss-reactive ketones (excluding diaryl/α,β-unsaturated/α-hetero) is 1. The third-order valence-electron chi connectivity index (χ3n) is 17.8. The van der Waals surface area contributed by atoms with E-state index in [0.29, 0.717) is 13.0 Å². The topological polar surface area (TPSA) is 83.5 Å². The van der Waals surface area contributed by atoms with Crippen LogP contribution in [0.4, 0.5) is 0 Å². The number of carbonyl (C=O) groups excluding carboxylic acids is 1. The molecular formula is C60H134O7Si12. The lowest BCUT2D eigenvalue weighted by Crippen LogP contribution is -2.85. The summed E-state index contributed by atoms with van der Waals surface area (Å²) in [5, 5.41) is 11.9. The maximum absolute atomic E-state index is 15.2. The molecule has 0 aliphatic heterocycles. The first-order valence-corrected chi connectivity index (χ1v) is 77.9. The minimum absolute atomic E-state index is 0.00910. The number of methoxy groups -OCH3 is 1. The van der Waals surface area contributed by atoms with Crippen molar-refractivity contribution in [1.82, 2.24) is 0 Å². The molecule has 5 atom stereocenters. The van der Waals surface area contributed by atoms with Crippen LogP contribution in [0, 0.1) is 0 Å². The number of rotatable bonds is 41. The molecule has 7 nitrogen and oxygen atoms in total. The lowest BCUT2D eigenvalue weighted by molar-refractivity contribution is -0.125. The van der Waals surface area contributed by atoms with Gasteiger partial charge >= 0.3 is 0 Å². The summed E-state index contributed by atoms with van der Waals surface area (Å²) in [4.78, 5) is 15.2. The Hall–Kier alpha value is 0.833. The molecule has 1 rings (SSSR count). The maximum atomic E-state index is 15.2. The van der Waals surface area contributed by atoms with Crippen LogP contribution in [0.15, 0.2) is 36.9 Å². The largest absolute Gasteiger partial charge is 0.497 e. The van der Waals surface area contributed by atoms with Gasteiger partial charge in [-0.1, -0.05) is 273 Å². The van der Waals surface area contributed by atoms with Crippen molar-refractivity contribution in [3.8, 4) is 5.75 Å². The van der Waals surface area contributed by atoms with E-state index < -0.39 is 101 Å². The van der Waals surface area contributed by atoms with Gasteiger partial charge in [0, 0.05) is 25.0 Å². The first-order valence-electron chi connectivity index (χ1n) is 31.7. The van der Waals surface area contributed by atoms with Gasteiger partial charge in [-0.25, -0.2) is 0 Å². The number of ketones is 1. The molecule has 0 spiro atoms. The summed E-state index contributed by atoms with van der Waals surface area (Å²) in [5.41, 5.74) is 0.968. The zero-order chi connectivity index (χ0) is 61.7. The molecule has 0 bridgehead atoms. The Balaban J connectivity index is 4.37. The molecule has 0 radical (unpaired) electrons. The minimum atomic E-state index is -2.47. The highest BCUT2D eigenvalue weighted by Gasteiger charge is 2.68. The van der Waals surface area contributed by atoms with Gasteiger partial charge in [-0.2, -0.15) is 0 Å². The molecule has 0 aliphatic carbocycles. The Labute approximate surface area is 502 Å². The molecule has 0 heterocycles. The summed E-state index contributed by atoms with van der Waals surface area (Å²) in [6, 6.07) is 7.79. The lowest BCUT2D eigenvalue weighted by atomic mass is 9.97. The molecule has 464 valence electrons. The van der Waals surface area contributed by atoms with Gasteiger partial charge < -0.3 is 27.9 Å². The highest BCUT2D eigenvalue weighted by atomic mass is 29.9. The second-order valence-electron chi connectivity index (χ2n) is 33.7. The van der Waals surface area contributed by atoms with Crippen molar-refractivity contribution in [2.24, 2.45) is 0 Å². The molecule has 0 aromatic heterocycles. The summed E-state index contributed by atoms with van der Waals surface area (Å²) in [5.74, 6) is 0.825. The van der Waals surface area contributed by atoms with Crippen molar-refractivity contribution in [2.75, 3.05) is 7.11 Å². The Bertz CT molecular complexity index is 1830. The molecule has 0 unspecified atom stereocenters. The Morgan fingerprint density at radius 3 is 1.11 bits per heavy atom. The van der Waals surface area contributed by atoms with Crippen LogP contribution < -0.4 is 4.74 Å². The van der Waals surface area contributed by atoms with Crippen LogP contribution in [-0.2, 0) is 29.4 Å². The molecule has 0 amide bonds. The van der Waals surface area contributed by atoms with Crippen molar-refractivity contribution in [2.45, 2.75) is 324 Å². The standard InChI is InChI=1S/C60H134O7Si12/c1-31-33-34-35-36-37-38-39-40-41-42-43-56(65-77(68(4,5)6,69(7,8)9)70(10,11)12)50-58(67-79(74(22,23)24,75(25,26)27)76(28,29)30)51-57(66-78(71(13,14)15,72(16,17)18)73(19,20)21)48-54(61)49-59(62)60(32-2)64-52-53-44-46-55(63-3)47-45-53/h32,44-47,56-60,62H,2,31,33-43,48-52H2,1,3-30H3/t56-,57+,58-,59-,60-/m0/s1. The highest BCUT2D eigenvalue weighted by Crippen LogP contribution is 2.45. The van der Waals surface area contributed by atoms with Crippen LogP contribution in [0.5, 0.6) is 5.75 Å². The van der Waals surface area contributed by atoms with Crippen LogP contribution in [0.3, 0.4) is 0 Å². The Morgan fingerprint density at radius 2 is 0.785 bits per heavy atom. The highest BCUT2D eigenvalue weighted by molar-refractivity contribution is 7.89. The summed E-state index contributed by atoms with van der Waals surface area (Å²) >= 11 is 0. The van der Waals surface area contributed by atoms with E-state index in [0.717, 1.165) is 24.2 Å². The SMILES string of the molecule is C=C[C@H](OCc1ccc(OC)cc1)[C@@H](O)CC(=O)C[C@H](C[C@H](C[C@H](CCCCCCCCCCCCC)O[Si]([Si](C)(C)C)([Si](C)(C)C)[Si](C)(C)C)O[Si]([Si](C)(C)C)([Si](C)(C)C)[Si](C)(C)C)O[Si]([Si](C)(C)C)([Si](C)(C)C)[Si](C)(C)C. The van der Waals surface area contributed by atoms with Gasteiger partial charge in [0.15, 0.2) is 20.6 Å². The predicted molar refractivity (Wildman–Crippen MR) is 384 cm³/mol. The molecule has 19 heteroatoms. The van der Waals surface area contributed by atoms with Gasteiger partial charge in [-0.15, -0.1) is 6.58 Å². The van der Waals surface area contributed by atoms with Crippen LogP contribution in [0.1, 0.15) is 115 Å². The zero-order valence-corrected chi connectivity index (χ0v) is 69.9. The van der Waals surface area contributed by atoms with Crippen LogP contribution >= 0.6 is 0 Å². The molecule has 1 aromatic carbocycles. The van der Waals surface area contributed by atoms with Crippen molar-refractivity contribution < 1.29 is 32.7 Å². The van der Waals surface area contributed by atoms with E-state index in [-0.39, 0.29) is 36.9 Å². The average molecular weight is 1300 g/mol. The molecule has 0 fully saturated rings. The lowest BCUT2D eigenvalue weighted by Gasteiger charge is -2.59. The Morgan fingerprint density at radius 1 is 0.468 bits per heavy atom. The van der Waals surface area contributed by atoms with Crippen LogP contribution in [-0.4, -0.2) is 137 Å². The Kier molecular flexibility index (Phi) is 30.7. The van der Waals surface area contributed by atoms with Crippen molar-refractivity contribution in [1.29, 1.82) is 0 Å². The average Bonchev–Trinajstić information content (AvgIpc) is 3.24. The fourth-order valence-corrected chi connectivity index (χ4v) is 300. The zero-order valence-electron chi connectivity index (χ0n) is 57.9. The molecule has 79 heavy (non-hydrogen) atoms. The summed E-state index contributed by atoms with van der Waals surface area (Å²) < 4.78 is 37.4. The van der Waals surface area contributed by atoms with E-state index >= 15 is 4.79 Å². The van der Waals surface area contributed by atoms with E-state index in [1.807, 2.05) is 24.3 Å². The molecule has 0 saturated heterocycles. The number of unbranched alkanes of at least 4 members (excludes halogenated alkanes) is 10. The predicted octanol–water partition coefficient (Wildman–Crippen LogP) is 18.7. The van der Waals surface area contributed by atoms with Gasteiger partial charge in [0.2, 0.25) is 0 Å². The molecule has 0 aliphatic rings. The first kappa shape index (κ1) is 77.8. The van der Waals surface area contributed by atoms with Gasteiger partial charge in [-0.05, 0) is 37.0 Å². The number of hydrogen-bond acceptors (Lipinski definition) is 7. The van der Waals surface area contributed by atoms with E-state index in [4.69, 9.17) is 22.8 Å². The van der Waals surface area contributed by atoms with Crippen molar-refractivity contribution in [3.63, 3.8) is 0 Å². The monoisotopic (exact) mass is 1300 g/mol. The van der Waals surface area contributed by atoms with Crippen LogP contribution in [0.2, 0.25) is 177 Å². The third-order valence-corrected chi connectivity index (χ3v) is 221. The quantitative estimate of drug-likeness (QED) is 0.0397. The van der Waals surface area contributed by atoms with E-state index in [1.165, 1.54) is 70.6 Å². The number of hydrogen-bond donors (Lipinski definition) is 1. The molecule has 1 N–H and O–H groups in total. The molecule has 1 aromatic rings. The van der Waals surface area contributed by atoms with Crippen molar-refractivity contribution >= 4 is 94.7 Å². The fraction of sp³-hybridized carbons (Fsp3) is 0.850. The number of carbonyl (C=O) groups is 1.